The third-order valence-corrected chi connectivity index (χ3v) is 2.90. The van der Waals surface area contributed by atoms with E-state index in [9.17, 15) is 4.79 Å². The lowest BCUT2D eigenvalue weighted by molar-refractivity contribution is -0.143. The lowest BCUT2D eigenvalue weighted by Crippen LogP contribution is -2.28. The molecule has 2 rings (SSSR count). The second kappa shape index (κ2) is 10.1. The molecule has 0 fully saturated rings. The van der Waals surface area contributed by atoms with E-state index >= 15 is 0 Å². The van der Waals surface area contributed by atoms with Crippen molar-refractivity contribution < 1.29 is 9.53 Å². The Balaban J connectivity index is 0.00000220. The number of imidazole rings is 1. The van der Waals surface area contributed by atoms with Crippen LogP contribution in [-0.2, 0) is 16.1 Å². The van der Waals surface area contributed by atoms with Crippen molar-refractivity contribution in [3.05, 3.63) is 48.5 Å². The van der Waals surface area contributed by atoms with Gasteiger partial charge >= 0.3 is 5.97 Å². The van der Waals surface area contributed by atoms with Crippen molar-refractivity contribution in [3.8, 4) is 0 Å². The van der Waals surface area contributed by atoms with Crippen LogP contribution in [0.1, 0.15) is 19.4 Å². The minimum Gasteiger partial charge on any atom is -0.464 e. The molecule has 1 heterocycles. The molecule has 1 aromatic heterocycles. The molecule has 1 aromatic carbocycles. The molecular weight excluding hydrogens is 325 g/mol. The van der Waals surface area contributed by atoms with Crippen LogP contribution >= 0.6 is 24.8 Å². The minimum absolute atomic E-state index is 0. The SMILES string of the molecule is CCOC(=O)[C@H](C)Nc1ccc(Cn2ccnc2)cc1.Cl.Cl. The Labute approximate surface area is 142 Å². The molecule has 1 atom stereocenters. The van der Waals surface area contributed by atoms with Crippen LogP contribution in [0.15, 0.2) is 43.0 Å². The van der Waals surface area contributed by atoms with Crippen LogP contribution in [0.5, 0.6) is 0 Å². The number of anilines is 1. The number of carbonyl (C=O) groups is 1. The van der Waals surface area contributed by atoms with Crippen molar-refractivity contribution in [2.24, 2.45) is 0 Å². The maximum atomic E-state index is 11.5. The number of nitrogens with one attached hydrogen (secondary N) is 1. The van der Waals surface area contributed by atoms with Gasteiger partial charge in [-0.05, 0) is 31.5 Å². The van der Waals surface area contributed by atoms with Gasteiger partial charge in [-0.2, -0.15) is 0 Å². The zero-order chi connectivity index (χ0) is 14.4. The van der Waals surface area contributed by atoms with Gasteiger partial charge in [0.15, 0.2) is 0 Å². The molecule has 0 bridgehead atoms. The number of benzene rings is 1. The van der Waals surface area contributed by atoms with Gasteiger partial charge in [0.2, 0.25) is 0 Å². The summed E-state index contributed by atoms with van der Waals surface area (Å²) in [6.07, 6.45) is 5.47. The molecule has 122 valence electrons. The highest BCUT2D eigenvalue weighted by Crippen LogP contribution is 2.12. The van der Waals surface area contributed by atoms with E-state index in [2.05, 4.69) is 10.3 Å². The number of ether oxygens (including phenoxy) is 1. The summed E-state index contributed by atoms with van der Waals surface area (Å²) in [4.78, 5) is 15.5. The van der Waals surface area contributed by atoms with E-state index in [1.54, 1.807) is 26.4 Å². The maximum Gasteiger partial charge on any atom is 0.328 e. The van der Waals surface area contributed by atoms with Crippen molar-refractivity contribution >= 4 is 36.5 Å². The Hall–Kier alpha value is -1.72. The highest BCUT2D eigenvalue weighted by molar-refractivity contribution is 5.85. The molecule has 0 saturated carbocycles. The molecule has 0 spiro atoms. The molecule has 22 heavy (non-hydrogen) atoms. The van der Waals surface area contributed by atoms with E-state index in [0.717, 1.165) is 12.2 Å². The van der Waals surface area contributed by atoms with E-state index in [1.807, 2.05) is 35.0 Å². The van der Waals surface area contributed by atoms with Gasteiger partial charge in [0.1, 0.15) is 6.04 Å². The van der Waals surface area contributed by atoms with Gasteiger partial charge in [0.05, 0.1) is 12.9 Å². The predicted octanol–water partition coefficient (Wildman–Crippen LogP) is 3.14. The van der Waals surface area contributed by atoms with Gasteiger partial charge in [-0.15, -0.1) is 24.8 Å². The summed E-state index contributed by atoms with van der Waals surface area (Å²) >= 11 is 0. The number of rotatable bonds is 6. The largest absolute Gasteiger partial charge is 0.464 e. The number of aromatic nitrogens is 2. The highest BCUT2D eigenvalue weighted by atomic mass is 35.5. The van der Waals surface area contributed by atoms with E-state index < -0.39 is 0 Å². The van der Waals surface area contributed by atoms with Gasteiger partial charge in [0.25, 0.3) is 0 Å². The van der Waals surface area contributed by atoms with Crippen LogP contribution in [0.3, 0.4) is 0 Å². The van der Waals surface area contributed by atoms with Crippen molar-refractivity contribution in [2.45, 2.75) is 26.4 Å². The molecule has 0 aliphatic carbocycles. The van der Waals surface area contributed by atoms with Crippen LogP contribution in [0.2, 0.25) is 0 Å². The highest BCUT2D eigenvalue weighted by Gasteiger charge is 2.12. The minimum atomic E-state index is -0.352. The van der Waals surface area contributed by atoms with E-state index in [-0.39, 0.29) is 36.8 Å². The van der Waals surface area contributed by atoms with E-state index in [0.29, 0.717) is 6.61 Å². The fourth-order valence-corrected chi connectivity index (χ4v) is 1.87. The summed E-state index contributed by atoms with van der Waals surface area (Å²) in [5, 5.41) is 3.12. The zero-order valence-corrected chi connectivity index (χ0v) is 14.2. The average molecular weight is 346 g/mol. The number of hydrogen-bond donors (Lipinski definition) is 1. The summed E-state index contributed by atoms with van der Waals surface area (Å²) < 4.78 is 6.96. The van der Waals surface area contributed by atoms with Crippen molar-refractivity contribution in [1.29, 1.82) is 0 Å². The molecule has 0 aliphatic rings. The summed E-state index contributed by atoms with van der Waals surface area (Å²) in [6.45, 7) is 4.77. The second-order valence-corrected chi connectivity index (χ2v) is 4.55. The fraction of sp³-hybridized carbons (Fsp3) is 0.333. The van der Waals surface area contributed by atoms with Gasteiger partial charge in [-0.3, -0.25) is 0 Å². The summed E-state index contributed by atoms with van der Waals surface area (Å²) in [6, 6.07) is 7.62. The first-order valence-corrected chi connectivity index (χ1v) is 6.67. The van der Waals surface area contributed by atoms with Gasteiger partial charge in [0, 0.05) is 24.6 Å². The van der Waals surface area contributed by atoms with Crippen LogP contribution in [-0.4, -0.2) is 28.2 Å². The Kier molecular flexibility index (Phi) is 9.29. The molecule has 0 saturated heterocycles. The molecule has 0 radical (unpaired) electrons. The molecule has 7 heteroatoms. The number of hydrogen-bond acceptors (Lipinski definition) is 4. The van der Waals surface area contributed by atoms with Crippen LogP contribution in [0.25, 0.3) is 0 Å². The van der Waals surface area contributed by atoms with Crippen molar-refractivity contribution in [1.82, 2.24) is 9.55 Å². The first kappa shape index (κ1) is 20.3. The lowest BCUT2D eigenvalue weighted by atomic mass is 10.2. The third kappa shape index (κ3) is 5.95. The lowest BCUT2D eigenvalue weighted by Gasteiger charge is -2.14. The second-order valence-electron chi connectivity index (χ2n) is 4.55. The van der Waals surface area contributed by atoms with Gasteiger partial charge in [-0.1, -0.05) is 12.1 Å². The van der Waals surface area contributed by atoms with E-state index in [4.69, 9.17) is 4.74 Å². The van der Waals surface area contributed by atoms with Crippen LogP contribution in [0.4, 0.5) is 5.69 Å². The summed E-state index contributed by atoms with van der Waals surface area (Å²) in [5.74, 6) is -0.241. The molecular formula is C15H21Cl2N3O2. The molecule has 5 nitrogen and oxygen atoms in total. The first-order chi connectivity index (χ1) is 9.69. The molecule has 0 aliphatic heterocycles. The van der Waals surface area contributed by atoms with E-state index in [1.165, 1.54) is 5.56 Å². The Bertz CT molecular complexity index is 544. The average Bonchev–Trinajstić information content (AvgIpc) is 2.94. The maximum absolute atomic E-state index is 11.5. The molecule has 2 aromatic rings. The monoisotopic (exact) mass is 345 g/mol. The standard InChI is InChI=1S/C15H19N3O2.2ClH/c1-3-20-15(19)12(2)17-14-6-4-13(5-7-14)10-18-9-8-16-11-18;;/h4-9,11-12,17H,3,10H2,1-2H3;2*1H/t12-;;/m0../s1. The number of nitrogens with zero attached hydrogens (tertiary/aromatic N) is 2. The number of halogens is 2. The normalized spacial score (nSPS) is 10.8. The van der Waals surface area contributed by atoms with Crippen molar-refractivity contribution in [2.75, 3.05) is 11.9 Å². The van der Waals surface area contributed by atoms with Crippen molar-refractivity contribution in [3.63, 3.8) is 0 Å². The molecule has 0 amide bonds. The smallest absolute Gasteiger partial charge is 0.328 e. The summed E-state index contributed by atoms with van der Waals surface area (Å²) in [7, 11) is 0. The van der Waals surface area contributed by atoms with Crippen LogP contribution in [0, 0.1) is 0 Å². The molecule has 0 unspecified atom stereocenters. The number of carbonyl (C=O) groups excluding carboxylic acids is 1. The van der Waals surface area contributed by atoms with Crippen LogP contribution < -0.4 is 5.32 Å². The Morgan fingerprint density at radius 2 is 2.00 bits per heavy atom. The Morgan fingerprint density at radius 3 is 2.55 bits per heavy atom. The Morgan fingerprint density at radius 1 is 1.32 bits per heavy atom. The fourth-order valence-electron chi connectivity index (χ4n) is 1.87. The predicted molar refractivity (Wildman–Crippen MR) is 92.0 cm³/mol. The molecule has 1 N–H and O–H groups in total. The topological polar surface area (TPSA) is 56.1 Å². The first-order valence-electron chi connectivity index (χ1n) is 6.67. The third-order valence-electron chi connectivity index (χ3n) is 2.90. The number of esters is 1. The van der Waals surface area contributed by atoms with Gasteiger partial charge in [-0.25, -0.2) is 9.78 Å². The van der Waals surface area contributed by atoms with Gasteiger partial charge < -0.3 is 14.6 Å². The zero-order valence-electron chi connectivity index (χ0n) is 12.6. The summed E-state index contributed by atoms with van der Waals surface area (Å²) in [5.41, 5.74) is 2.08. The quantitative estimate of drug-likeness (QED) is 0.817.